The molecule has 8 nitrogen and oxygen atoms in total. The summed E-state index contributed by atoms with van der Waals surface area (Å²) < 4.78 is 25.0. The number of anilines is 3. The number of hydrogen-bond acceptors (Lipinski definition) is 6. The van der Waals surface area contributed by atoms with E-state index in [4.69, 9.17) is 0 Å². The van der Waals surface area contributed by atoms with Crippen LogP contribution in [0.3, 0.4) is 0 Å². The lowest BCUT2D eigenvalue weighted by Crippen LogP contribution is -2.16. The molecule has 0 aliphatic heterocycles. The van der Waals surface area contributed by atoms with E-state index in [0.29, 0.717) is 17.7 Å². The number of nitrogens with one attached hydrogen (secondary N) is 3. The molecule has 0 saturated heterocycles. The zero-order valence-electron chi connectivity index (χ0n) is 21.4. The summed E-state index contributed by atoms with van der Waals surface area (Å²) in [4.78, 5) is 17.4. The van der Waals surface area contributed by atoms with Crippen molar-refractivity contribution >= 4 is 33.1 Å². The second-order valence-corrected chi connectivity index (χ2v) is 11.8. The second kappa shape index (κ2) is 11.0. The normalized spacial score (nSPS) is 11.5. The van der Waals surface area contributed by atoms with Crippen LogP contribution in [0.4, 0.5) is 17.3 Å². The number of aromatic amines is 1. The highest BCUT2D eigenvalue weighted by molar-refractivity contribution is 7.92. The van der Waals surface area contributed by atoms with Crippen LogP contribution in [0.25, 0.3) is 0 Å². The number of aromatic nitrogens is 3. The van der Waals surface area contributed by atoms with E-state index in [2.05, 4.69) is 25.8 Å². The number of amides is 1. The van der Waals surface area contributed by atoms with Gasteiger partial charge in [0, 0.05) is 23.5 Å². The highest BCUT2D eigenvalue weighted by Gasteiger charge is 2.20. The summed E-state index contributed by atoms with van der Waals surface area (Å²) in [5.41, 5.74) is 5.10. The molecule has 0 fully saturated rings. The monoisotopic (exact) mass is 517 g/mol. The van der Waals surface area contributed by atoms with E-state index in [-0.39, 0.29) is 10.8 Å². The van der Waals surface area contributed by atoms with Gasteiger partial charge in [-0.1, -0.05) is 18.2 Å². The van der Waals surface area contributed by atoms with E-state index >= 15 is 0 Å². The minimum absolute atomic E-state index is 0.144. The van der Waals surface area contributed by atoms with Crippen molar-refractivity contribution in [3.63, 3.8) is 0 Å². The number of carbonyl (C=O) groups is 1. The molecule has 3 N–H and O–H groups in total. The third kappa shape index (κ3) is 6.24. The number of pyridine rings is 1. The molecule has 0 radical (unpaired) electrons. The fourth-order valence-corrected chi connectivity index (χ4v) is 4.97. The van der Waals surface area contributed by atoms with Gasteiger partial charge in [0.15, 0.2) is 9.84 Å². The highest BCUT2D eigenvalue weighted by atomic mass is 32.2. The number of sulfone groups is 1. The van der Waals surface area contributed by atoms with Gasteiger partial charge in [0.05, 0.1) is 15.8 Å². The van der Waals surface area contributed by atoms with Crippen molar-refractivity contribution in [2.75, 3.05) is 10.6 Å². The zero-order valence-corrected chi connectivity index (χ0v) is 22.2. The predicted octanol–water partition coefficient (Wildman–Crippen LogP) is 5.38. The van der Waals surface area contributed by atoms with Gasteiger partial charge in [-0.25, -0.2) is 13.4 Å². The van der Waals surface area contributed by atoms with E-state index in [0.717, 1.165) is 40.4 Å². The lowest BCUT2D eigenvalue weighted by molar-refractivity contribution is 0.102. The molecule has 4 rings (SSSR count). The van der Waals surface area contributed by atoms with Crippen LogP contribution in [0.15, 0.2) is 71.8 Å². The second-order valence-electron chi connectivity index (χ2n) is 9.28. The van der Waals surface area contributed by atoms with Gasteiger partial charge in [-0.2, -0.15) is 5.10 Å². The van der Waals surface area contributed by atoms with Gasteiger partial charge in [0.25, 0.3) is 5.91 Å². The number of nitrogens with zero attached hydrogens (tertiary/aromatic N) is 2. The summed E-state index contributed by atoms with van der Waals surface area (Å²) in [5, 5.41) is 13.0. The first-order chi connectivity index (χ1) is 17.6. The van der Waals surface area contributed by atoms with Crippen LogP contribution in [0.2, 0.25) is 0 Å². The third-order valence-corrected chi connectivity index (χ3v) is 8.35. The first kappa shape index (κ1) is 26.1. The average molecular weight is 518 g/mol. The standard InChI is InChI=1S/C28H31N5O3S/c1-18(2)37(35,36)25-9-5-8-22(16-25)28(34)30-23-12-10-19(3)21(15-23)11-13-24-17-26(33-32-24)31-27-20(4)7-6-14-29-27/h5-10,12,14-18H,11,13H2,1-4H3,(H,30,34)(H2,29,31,32,33). The number of benzene rings is 2. The summed E-state index contributed by atoms with van der Waals surface area (Å²) in [5.74, 6) is 1.20. The Labute approximate surface area is 217 Å². The molecule has 0 saturated carbocycles. The fraction of sp³-hybridized carbons (Fsp3) is 0.250. The van der Waals surface area contributed by atoms with E-state index in [1.807, 2.05) is 50.2 Å². The topological polar surface area (TPSA) is 117 Å². The molecule has 37 heavy (non-hydrogen) atoms. The molecule has 2 heterocycles. The summed E-state index contributed by atoms with van der Waals surface area (Å²) >= 11 is 0. The van der Waals surface area contributed by atoms with Crippen LogP contribution in [0, 0.1) is 13.8 Å². The third-order valence-electron chi connectivity index (χ3n) is 6.20. The Bertz CT molecular complexity index is 1530. The molecule has 0 bridgehead atoms. The molecule has 0 unspecified atom stereocenters. The van der Waals surface area contributed by atoms with Crippen LogP contribution in [-0.2, 0) is 22.7 Å². The number of hydrogen-bond donors (Lipinski definition) is 3. The number of H-pyrrole nitrogens is 1. The summed E-state index contributed by atoms with van der Waals surface area (Å²) in [7, 11) is -3.47. The van der Waals surface area contributed by atoms with Crippen molar-refractivity contribution in [1.29, 1.82) is 0 Å². The van der Waals surface area contributed by atoms with Gasteiger partial charge in [-0.3, -0.25) is 9.89 Å². The Morgan fingerprint density at radius 2 is 1.78 bits per heavy atom. The average Bonchev–Trinajstić information content (AvgIpc) is 3.33. The Morgan fingerprint density at radius 3 is 2.54 bits per heavy atom. The van der Waals surface area contributed by atoms with Gasteiger partial charge in [-0.05, 0) is 93.6 Å². The predicted molar refractivity (Wildman–Crippen MR) is 146 cm³/mol. The fourth-order valence-electron chi connectivity index (χ4n) is 3.87. The molecule has 2 aromatic heterocycles. The van der Waals surface area contributed by atoms with Crippen molar-refractivity contribution in [2.24, 2.45) is 0 Å². The number of aryl methyl sites for hydroxylation is 4. The maximum Gasteiger partial charge on any atom is 0.255 e. The van der Waals surface area contributed by atoms with Crippen molar-refractivity contribution in [1.82, 2.24) is 15.2 Å². The first-order valence-corrected chi connectivity index (χ1v) is 13.7. The molecular formula is C28H31N5O3S. The molecule has 9 heteroatoms. The Morgan fingerprint density at radius 1 is 0.973 bits per heavy atom. The summed E-state index contributed by atoms with van der Waals surface area (Å²) in [6.45, 7) is 7.27. The Balaban J connectivity index is 1.42. The van der Waals surface area contributed by atoms with Crippen molar-refractivity contribution in [2.45, 2.75) is 50.7 Å². The van der Waals surface area contributed by atoms with Gasteiger partial charge in [-0.15, -0.1) is 0 Å². The molecule has 192 valence electrons. The van der Waals surface area contributed by atoms with Crippen molar-refractivity contribution in [3.05, 3.63) is 94.8 Å². The van der Waals surface area contributed by atoms with Crippen LogP contribution in [0.1, 0.15) is 46.6 Å². The van der Waals surface area contributed by atoms with E-state index in [1.54, 1.807) is 32.2 Å². The molecule has 0 spiro atoms. The maximum atomic E-state index is 12.9. The Kier molecular flexibility index (Phi) is 7.73. The molecule has 0 atom stereocenters. The lowest BCUT2D eigenvalue weighted by atomic mass is 10.0. The molecule has 4 aromatic rings. The smallest absolute Gasteiger partial charge is 0.255 e. The minimum Gasteiger partial charge on any atom is -0.325 e. The molecule has 2 aromatic carbocycles. The minimum atomic E-state index is -3.47. The van der Waals surface area contributed by atoms with E-state index in [9.17, 15) is 13.2 Å². The zero-order chi connectivity index (χ0) is 26.6. The van der Waals surface area contributed by atoms with Crippen LogP contribution < -0.4 is 10.6 Å². The van der Waals surface area contributed by atoms with Crippen molar-refractivity contribution in [3.8, 4) is 0 Å². The van der Waals surface area contributed by atoms with Crippen LogP contribution in [0.5, 0.6) is 0 Å². The van der Waals surface area contributed by atoms with E-state index < -0.39 is 15.1 Å². The van der Waals surface area contributed by atoms with Gasteiger partial charge in [0.1, 0.15) is 11.6 Å². The Hall–Kier alpha value is -3.98. The summed E-state index contributed by atoms with van der Waals surface area (Å²) in [6.07, 6.45) is 3.20. The van der Waals surface area contributed by atoms with Gasteiger partial charge in [0.2, 0.25) is 0 Å². The SMILES string of the molecule is Cc1ccc(NC(=O)c2cccc(S(=O)(=O)C(C)C)c2)cc1CCc1cc(Nc2ncccc2C)[nH]n1. The van der Waals surface area contributed by atoms with Crippen LogP contribution in [-0.4, -0.2) is 34.8 Å². The highest BCUT2D eigenvalue weighted by Crippen LogP contribution is 2.22. The first-order valence-electron chi connectivity index (χ1n) is 12.1. The van der Waals surface area contributed by atoms with Crippen LogP contribution >= 0.6 is 0 Å². The largest absolute Gasteiger partial charge is 0.325 e. The van der Waals surface area contributed by atoms with Crippen molar-refractivity contribution < 1.29 is 13.2 Å². The van der Waals surface area contributed by atoms with E-state index in [1.165, 1.54) is 12.1 Å². The van der Waals surface area contributed by atoms with Gasteiger partial charge >= 0.3 is 0 Å². The van der Waals surface area contributed by atoms with Gasteiger partial charge < -0.3 is 10.6 Å². The molecule has 1 amide bonds. The molecule has 0 aliphatic carbocycles. The number of rotatable bonds is 9. The molecule has 0 aliphatic rings. The molecular weight excluding hydrogens is 486 g/mol. The summed E-state index contributed by atoms with van der Waals surface area (Å²) in [6, 6.07) is 17.8. The quantitative estimate of drug-likeness (QED) is 0.274. The maximum absolute atomic E-state index is 12.9. The lowest BCUT2D eigenvalue weighted by Gasteiger charge is -2.12. The number of carbonyl (C=O) groups excluding carboxylic acids is 1.